The molecule has 2 rings (SSSR count). The van der Waals surface area contributed by atoms with Gasteiger partial charge in [0.25, 0.3) is 5.56 Å². The molecule has 0 spiro atoms. The summed E-state index contributed by atoms with van der Waals surface area (Å²) in [6.45, 7) is 2.51. The Balaban J connectivity index is 2.54. The van der Waals surface area contributed by atoms with E-state index in [2.05, 4.69) is 4.98 Å². The molecule has 0 atom stereocenters. The van der Waals surface area contributed by atoms with E-state index in [4.69, 9.17) is 10.5 Å². The number of ether oxygens (including phenoxy) is 1. The zero-order chi connectivity index (χ0) is 13.1. The van der Waals surface area contributed by atoms with E-state index in [0.29, 0.717) is 23.2 Å². The highest BCUT2D eigenvalue weighted by atomic mass is 16.5. The molecule has 0 aliphatic heterocycles. The largest absolute Gasteiger partial charge is 0.500 e. The zero-order valence-electron chi connectivity index (χ0n) is 10.2. The lowest BCUT2D eigenvalue weighted by Gasteiger charge is -2.10. The van der Waals surface area contributed by atoms with Crippen molar-refractivity contribution in [3.8, 4) is 11.5 Å². The second-order valence-electron chi connectivity index (χ2n) is 4.14. The summed E-state index contributed by atoms with van der Waals surface area (Å²) in [5, 5.41) is 10.4. The van der Waals surface area contributed by atoms with Gasteiger partial charge in [-0.05, 0) is 24.6 Å². The third-order valence-electron chi connectivity index (χ3n) is 2.71. The Morgan fingerprint density at radius 3 is 2.94 bits per heavy atom. The van der Waals surface area contributed by atoms with Crippen LogP contribution in [0, 0.1) is 0 Å². The first kappa shape index (κ1) is 12.3. The lowest BCUT2D eigenvalue weighted by atomic mass is 10.2. The van der Waals surface area contributed by atoms with E-state index in [9.17, 15) is 9.90 Å². The minimum atomic E-state index is -0.570. The second-order valence-corrected chi connectivity index (χ2v) is 4.14. The summed E-state index contributed by atoms with van der Waals surface area (Å²) >= 11 is 0. The summed E-state index contributed by atoms with van der Waals surface area (Å²) in [5.41, 5.74) is 6.19. The van der Waals surface area contributed by atoms with Crippen molar-refractivity contribution in [3.63, 3.8) is 0 Å². The summed E-state index contributed by atoms with van der Waals surface area (Å²) < 4.78 is 5.50. The second kappa shape index (κ2) is 5.00. The number of H-pyrrole nitrogens is 1. The zero-order valence-corrected chi connectivity index (χ0v) is 10.2. The average molecular weight is 248 g/mol. The molecule has 0 fully saturated rings. The third-order valence-corrected chi connectivity index (χ3v) is 2.71. The van der Waals surface area contributed by atoms with Crippen LogP contribution in [0.15, 0.2) is 23.0 Å². The highest BCUT2D eigenvalue weighted by molar-refractivity contribution is 5.89. The van der Waals surface area contributed by atoms with Crippen LogP contribution in [-0.2, 0) is 0 Å². The van der Waals surface area contributed by atoms with Crippen LogP contribution in [0.5, 0.6) is 11.5 Å². The van der Waals surface area contributed by atoms with Crippen LogP contribution in [-0.4, -0.2) is 16.7 Å². The summed E-state index contributed by atoms with van der Waals surface area (Å²) in [4.78, 5) is 14.1. The van der Waals surface area contributed by atoms with Crippen molar-refractivity contribution in [3.05, 3.63) is 28.6 Å². The molecule has 0 saturated heterocycles. The maximum atomic E-state index is 11.6. The summed E-state index contributed by atoms with van der Waals surface area (Å²) in [6.07, 6.45) is 1.84. The van der Waals surface area contributed by atoms with Gasteiger partial charge in [-0.2, -0.15) is 0 Å². The molecule has 0 radical (unpaired) electrons. The Hall–Kier alpha value is -2.17. The number of nitrogen functional groups attached to an aromatic ring is 1. The van der Waals surface area contributed by atoms with Crippen molar-refractivity contribution in [2.75, 3.05) is 12.3 Å². The number of nitrogens with two attached hydrogens (primary N) is 1. The molecule has 0 saturated carbocycles. The highest BCUT2D eigenvalue weighted by Gasteiger charge is 2.12. The molecule has 0 bridgehead atoms. The Bertz CT molecular complexity index is 619. The topological polar surface area (TPSA) is 88.3 Å². The van der Waals surface area contributed by atoms with Crippen LogP contribution in [0.1, 0.15) is 19.8 Å². The number of unbranched alkanes of at least 4 members (excludes halogenated alkanes) is 1. The first-order valence-electron chi connectivity index (χ1n) is 5.90. The molecular formula is C13H16N2O3. The van der Waals surface area contributed by atoms with E-state index in [0.717, 1.165) is 12.8 Å². The van der Waals surface area contributed by atoms with E-state index in [1.807, 2.05) is 6.92 Å². The number of aromatic nitrogens is 1. The van der Waals surface area contributed by atoms with Gasteiger partial charge in [0.05, 0.1) is 12.1 Å². The van der Waals surface area contributed by atoms with Crippen molar-refractivity contribution in [1.29, 1.82) is 0 Å². The molecule has 1 aromatic carbocycles. The highest BCUT2D eigenvalue weighted by Crippen LogP contribution is 2.31. The molecular weight excluding hydrogens is 232 g/mol. The Morgan fingerprint density at radius 2 is 2.22 bits per heavy atom. The Kier molecular flexibility index (Phi) is 3.41. The predicted molar refractivity (Wildman–Crippen MR) is 71.0 cm³/mol. The molecule has 96 valence electrons. The molecule has 5 nitrogen and oxygen atoms in total. The number of aromatic amines is 1. The third kappa shape index (κ3) is 2.25. The fourth-order valence-electron chi connectivity index (χ4n) is 1.74. The number of hydrogen-bond donors (Lipinski definition) is 3. The van der Waals surface area contributed by atoms with E-state index in [1.54, 1.807) is 18.2 Å². The van der Waals surface area contributed by atoms with Gasteiger partial charge < -0.3 is 20.6 Å². The predicted octanol–water partition coefficient (Wildman–Crippen LogP) is 1.99. The van der Waals surface area contributed by atoms with E-state index in [-0.39, 0.29) is 11.5 Å². The number of nitrogens with one attached hydrogen (secondary N) is 1. The number of anilines is 1. The number of pyridine rings is 1. The molecule has 1 aromatic heterocycles. The summed E-state index contributed by atoms with van der Waals surface area (Å²) in [7, 11) is 0. The first-order valence-corrected chi connectivity index (χ1v) is 5.90. The normalized spacial score (nSPS) is 10.7. The molecule has 0 amide bonds. The number of aromatic hydroxyl groups is 1. The van der Waals surface area contributed by atoms with E-state index in [1.165, 1.54) is 0 Å². The summed E-state index contributed by atoms with van der Waals surface area (Å²) in [5.74, 6) is -0.162. The van der Waals surface area contributed by atoms with Crippen molar-refractivity contribution in [1.82, 2.24) is 4.98 Å². The first-order chi connectivity index (χ1) is 8.63. The van der Waals surface area contributed by atoms with Crippen molar-refractivity contribution < 1.29 is 9.84 Å². The van der Waals surface area contributed by atoms with Crippen LogP contribution >= 0.6 is 0 Å². The van der Waals surface area contributed by atoms with Crippen LogP contribution in [0.25, 0.3) is 10.9 Å². The molecule has 18 heavy (non-hydrogen) atoms. The molecule has 0 aliphatic carbocycles. The molecule has 0 unspecified atom stereocenters. The smallest absolute Gasteiger partial charge is 0.294 e. The van der Waals surface area contributed by atoms with Crippen molar-refractivity contribution >= 4 is 16.6 Å². The van der Waals surface area contributed by atoms with Crippen LogP contribution in [0.3, 0.4) is 0 Å². The van der Waals surface area contributed by atoms with Crippen LogP contribution in [0.4, 0.5) is 5.69 Å². The SMILES string of the molecule is CCCCOc1c(O)c(=O)[nH]c2cc(N)ccc12. The number of fused-ring (bicyclic) bond motifs is 1. The molecule has 0 aliphatic rings. The maximum absolute atomic E-state index is 11.6. The van der Waals surface area contributed by atoms with Gasteiger partial charge in [-0.25, -0.2) is 0 Å². The van der Waals surface area contributed by atoms with Gasteiger partial charge in [0.15, 0.2) is 5.75 Å². The monoisotopic (exact) mass is 248 g/mol. The number of hydrogen-bond acceptors (Lipinski definition) is 4. The number of rotatable bonds is 4. The molecule has 1 heterocycles. The Labute approximate surface area is 104 Å². The fraction of sp³-hybridized carbons (Fsp3) is 0.308. The lowest BCUT2D eigenvalue weighted by Crippen LogP contribution is -2.09. The van der Waals surface area contributed by atoms with Gasteiger partial charge in [0.1, 0.15) is 0 Å². The van der Waals surface area contributed by atoms with Gasteiger partial charge in [-0.3, -0.25) is 4.79 Å². The van der Waals surface area contributed by atoms with E-state index < -0.39 is 5.56 Å². The van der Waals surface area contributed by atoms with Gasteiger partial charge in [0.2, 0.25) is 5.75 Å². The standard InChI is InChI=1S/C13H16N2O3/c1-2-3-6-18-12-9-5-4-8(14)7-10(9)15-13(17)11(12)16/h4-5,7,16H,2-3,6,14H2,1H3,(H,15,17). The number of benzene rings is 1. The van der Waals surface area contributed by atoms with Crippen LogP contribution in [0.2, 0.25) is 0 Å². The lowest BCUT2D eigenvalue weighted by molar-refractivity contribution is 0.295. The van der Waals surface area contributed by atoms with Crippen LogP contribution < -0.4 is 16.0 Å². The molecule has 2 aromatic rings. The van der Waals surface area contributed by atoms with E-state index >= 15 is 0 Å². The van der Waals surface area contributed by atoms with Gasteiger partial charge in [-0.1, -0.05) is 13.3 Å². The Morgan fingerprint density at radius 1 is 1.44 bits per heavy atom. The quantitative estimate of drug-likeness (QED) is 0.570. The minimum Gasteiger partial charge on any atom is -0.500 e. The van der Waals surface area contributed by atoms with Crippen molar-refractivity contribution in [2.24, 2.45) is 0 Å². The average Bonchev–Trinajstić information content (AvgIpc) is 2.34. The van der Waals surface area contributed by atoms with Gasteiger partial charge >= 0.3 is 0 Å². The molecule has 5 heteroatoms. The maximum Gasteiger partial charge on any atom is 0.294 e. The minimum absolute atomic E-state index is 0.224. The molecule has 4 N–H and O–H groups in total. The fourth-order valence-corrected chi connectivity index (χ4v) is 1.74. The van der Waals surface area contributed by atoms with Gasteiger partial charge in [0, 0.05) is 11.1 Å². The summed E-state index contributed by atoms with van der Waals surface area (Å²) in [6, 6.07) is 5.07. The van der Waals surface area contributed by atoms with Crippen molar-refractivity contribution in [2.45, 2.75) is 19.8 Å². The van der Waals surface area contributed by atoms with Gasteiger partial charge in [-0.15, -0.1) is 0 Å².